The van der Waals surface area contributed by atoms with Crippen LogP contribution in [0.3, 0.4) is 0 Å². The van der Waals surface area contributed by atoms with Gasteiger partial charge in [0, 0.05) is 11.3 Å². The van der Waals surface area contributed by atoms with Crippen LogP contribution in [0.5, 0.6) is 0 Å². The molecule has 0 atom stereocenters. The van der Waals surface area contributed by atoms with Gasteiger partial charge in [-0.15, -0.1) is 0 Å². The lowest BCUT2D eigenvalue weighted by Crippen LogP contribution is -3.12. The fraction of sp³-hybridized carbons (Fsp3) is 0.875. The van der Waals surface area contributed by atoms with E-state index in [9.17, 15) is 9.59 Å². The Bertz CT molecular complexity index is 503. The first kappa shape index (κ1) is 9.95. The summed E-state index contributed by atoms with van der Waals surface area (Å²) in [5, 5.41) is 0. The van der Waals surface area contributed by atoms with Gasteiger partial charge in [0.25, 0.3) is 0 Å². The van der Waals surface area contributed by atoms with Crippen LogP contribution in [-0.4, -0.2) is 18.9 Å². The minimum Gasteiger partial charge on any atom is -0.469 e. The first-order valence-corrected chi connectivity index (χ1v) is 7.86. The molecule has 0 amide bonds. The predicted octanol–water partition coefficient (Wildman–Crippen LogP) is 1.66. The fourth-order valence-corrected chi connectivity index (χ4v) is 8.15. The average Bonchev–Trinajstić information content (AvgIpc) is 2.99. The molecule has 3 heteroatoms. The molecule has 100 valence electrons. The minimum absolute atomic E-state index is 0.0397. The molecule has 7 aliphatic rings. The highest BCUT2D eigenvalue weighted by atomic mass is 16.5. The van der Waals surface area contributed by atoms with Crippen LogP contribution < -0.4 is 0 Å². The highest BCUT2D eigenvalue weighted by Gasteiger charge is 3.13. The van der Waals surface area contributed by atoms with E-state index < -0.39 is 0 Å². The molecule has 0 spiro atoms. The number of rotatable bonds is 3. The van der Waals surface area contributed by atoms with Crippen LogP contribution in [0.1, 0.15) is 25.7 Å². The molecule has 7 fully saturated rings. The van der Waals surface area contributed by atoms with Crippen molar-refractivity contribution in [1.82, 2.24) is 0 Å². The van der Waals surface area contributed by atoms with Crippen molar-refractivity contribution < 1.29 is 14.3 Å². The molecular weight excluding hydrogens is 240 g/mol. The molecule has 0 unspecified atom stereocenters. The third-order valence-electron chi connectivity index (χ3n) is 8.32. The Kier molecular flexibility index (Phi) is 1.26. The molecule has 0 N–H and O–H groups in total. The summed E-state index contributed by atoms with van der Waals surface area (Å²) in [4.78, 5) is 24.9. The first-order chi connectivity index (χ1) is 9.23. The highest BCUT2D eigenvalue weighted by molar-refractivity contribution is 6.00. The Morgan fingerprint density at radius 1 is 0.895 bits per heavy atom. The summed E-state index contributed by atoms with van der Waals surface area (Å²) in [5.74, 6) is 4.46. The van der Waals surface area contributed by atoms with E-state index in [2.05, 4.69) is 0 Å². The van der Waals surface area contributed by atoms with Gasteiger partial charge in [0.15, 0.2) is 0 Å². The van der Waals surface area contributed by atoms with Gasteiger partial charge in [0.1, 0.15) is 5.78 Å². The van der Waals surface area contributed by atoms with Crippen LogP contribution in [0.15, 0.2) is 0 Å². The molecule has 0 heterocycles. The van der Waals surface area contributed by atoms with E-state index in [0.717, 1.165) is 12.8 Å². The molecule has 0 saturated heterocycles. The number of carbonyl (C=O) groups is 2. The highest BCUT2D eigenvalue weighted by Crippen LogP contribution is 3.10. The van der Waals surface area contributed by atoms with Crippen molar-refractivity contribution in [2.75, 3.05) is 7.11 Å². The maximum atomic E-state index is 12.9. The molecule has 7 rings (SSSR count). The number of Topliss-reactive ketones (excluding diaryl/α,β-unsaturated/α-hetero) is 1. The molecule has 19 heavy (non-hydrogen) atoms. The zero-order valence-corrected chi connectivity index (χ0v) is 11.1. The van der Waals surface area contributed by atoms with E-state index in [1.54, 1.807) is 0 Å². The normalized spacial score (nSPS) is 64.9. The summed E-state index contributed by atoms with van der Waals surface area (Å²) in [5.41, 5.74) is 0.0250. The van der Waals surface area contributed by atoms with Gasteiger partial charge in [0.2, 0.25) is 0 Å². The summed E-state index contributed by atoms with van der Waals surface area (Å²) in [6, 6.07) is 0. The number of carbonyl (C=O) groups excluding carboxylic acids is 2. The second-order valence-electron chi connectivity index (χ2n) is 7.86. The van der Waals surface area contributed by atoms with Gasteiger partial charge in [-0.2, -0.15) is 0 Å². The zero-order chi connectivity index (χ0) is 12.7. The van der Waals surface area contributed by atoms with E-state index in [1.165, 1.54) is 20.0 Å². The van der Waals surface area contributed by atoms with Gasteiger partial charge < -0.3 is 4.74 Å². The Labute approximate surface area is 112 Å². The van der Waals surface area contributed by atoms with Gasteiger partial charge >= 0.3 is 5.97 Å². The molecule has 3 nitrogen and oxygen atoms in total. The van der Waals surface area contributed by atoms with Crippen LogP contribution in [-0.2, 0) is 14.3 Å². The molecule has 0 aromatic heterocycles. The number of hydrogen-bond acceptors (Lipinski definition) is 3. The summed E-state index contributed by atoms with van der Waals surface area (Å²) in [6.45, 7) is 0. The van der Waals surface area contributed by atoms with Gasteiger partial charge in [0.05, 0.1) is 12.5 Å². The van der Waals surface area contributed by atoms with Gasteiger partial charge in [-0.05, 0) is 48.3 Å². The third-order valence-corrected chi connectivity index (χ3v) is 8.32. The van der Waals surface area contributed by atoms with Gasteiger partial charge in [-0.3, -0.25) is 9.59 Å². The van der Waals surface area contributed by atoms with Gasteiger partial charge in [-0.25, -0.2) is 0 Å². The van der Waals surface area contributed by atoms with E-state index in [4.69, 9.17) is 4.74 Å². The van der Waals surface area contributed by atoms with Crippen LogP contribution in [0.4, 0.5) is 0 Å². The summed E-state index contributed by atoms with van der Waals surface area (Å²) in [7, 11) is 1.52. The number of esters is 1. The summed E-state index contributed by atoms with van der Waals surface area (Å²) >= 11 is 0. The molecule has 0 aromatic carbocycles. The van der Waals surface area contributed by atoms with E-state index >= 15 is 0 Å². The second kappa shape index (κ2) is 2.40. The number of hydrogen-bond donors (Lipinski definition) is 0. The monoisotopic (exact) mass is 258 g/mol. The fourth-order valence-electron chi connectivity index (χ4n) is 8.15. The average molecular weight is 258 g/mol. The van der Waals surface area contributed by atoms with E-state index in [0.29, 0.717) is 47.2 Å². The van der Waals surface area contributed by atoms with Crippen molar-refractivity contribution in [3.8, 4) is 0 Å². The maximum absolute atomic E-state index is 12.9. The third kappa shape index (κ3) is 0.555. The lowest BCUT2D eigenvalue weighted by Gasteiger charge is -3.09. The Hall–Kier alpha value is -0.860. The Morgan fingerprint density at radius 2 is 1.37 bits per heavy atom. The van der Waals surface area contributed by atoms with E-state index in [1.807, 2.05) is 0 Å². The maximum Gasteiger partial charge on any atom is 0.312 e. The van der Waals surface area contributed by atoms with E-state index in [-0.39, 0.29) is 16.8 Å². The number of ketones is 1. The van der Waals surface area contributed by atoms with Crippen LogP contribution >= 0.6 is 0 Å². The van der Waals surface area contributed by atoms with Crippen molar-refractivity contribution in [3.63, 3.8) is 0 Å². The van der Waals surface area contributed by atoms with Crippen molar-refractivity contribution >= 4 is 11.8 Å². The standard InChI is InChI=1S/C16H18O3/c1-19-14(18)16-10-7-11(16)9-12(16)8(10)15(7,9)13(17)6-4-2-3-5-6/h6-12H,2-5H2,1H3. The molecule has 0 aliphatic heterocycles. The SMILES string of the molecule is COC(=O)C12C3C4C1C1C2C3C41C(=O)C1CCCC1. The number of ether oxygens (including phenoxy) is 1. The lowest BCUT2D eigenvalue weighted by molar-refractivity contribution is -0.626. The second-order valence-corrected chi connectivity index (χ2v) is 7.86. The smallest absolute Gasteiger partial charge is 0.312 e. The van der Waals surface area contributed by atoms with Crippen LogP contribution in [0.2, 0.25) is 0 Å². The largest absolute Gasteiger partial charge is 0.469 e. The van der Waals surface area contributed by atoms with Crippen LogP contribution in [0, 0.1) is 52.3 Å². The molecule has 0 aromatic rings. The molecule has 0 bridgehead atoms. The Balaban J connectivity index is 1.33. The van der Waals surface area contributed by atoms with Crippen molar-refractivity contribution in [2.24, 2.45) is 52.3 Å². The molecule has 7 aliphatic carbocycles. The van der Waals surface area contributed by atoms with Crippen molar-refractivity contribution in [3.05, 3.63) is 0 Å². The van der Waals surface area contributed by atoms with Crippen molar-refractivity contribution in [1.29, 1.82) is 0 Å². The quantitative estimate of drug-likeness (QED) is 0.723. The first-order valence-electron chi connectivity index (χ1n) is 7.86. The molecular formula is C16H18O3. The number of methoxy groups -OCH3 is 1. The topological polar surface area (TPSA) is 43.4 Å². The summed E-state index contributed by atoms with van der Waals surface area (Å²) in [6.07, 6.45) is 4.76. The zero-order valence-electron chi connectivity index (χ0n) is 11.1. The lowest BCUT2D eigenvalue weighted by atomic mass is 8.92. The summed E-state index contributed by atoms with van der Waals surface area (Å²) < 4.78 is 5.03. The van der Waals surface area contributed by atoms with Crippen LogP contribution in [0.25, 0.3) is 0 Å². The molecule has 7 saturated carbocycles. The molecule has 0 radical (unpaired) electrons. The predicted molar refractivity (Wildman–Crippen MR) is 64.8 cm³/mol. The Morgan fingerprint density at radius 3 is 1.84 bits per heavy atom. The van der Waals surface area contributed by atoms with Gasteiger partial charge in [-0.1, -0.05) is 12.8 Å². The minimum atomic E-state index is -0.0769. The van der Waals surface area contributed by atoms with Crippen molar-refractivity contribution in [2.45, 2.75) is 25.7 Å².